The molecular formula is C7H14O3S. The van der Waals surface area contributed by atoms with Crippen LogP contribution in [-0.4, -0.2) is 21.3 Å². The summed E-state index contributed by atoms with van der Waals surface area (Å²) in [6.07, 6.45) is 4.36. The molecule has 0 aromatic carbocycles. The molecule has 3 nitrogen and oxygen atoms in total. The minimum Gasteiger partial charge on any atom is -0.270 e. The van der Waals surface area contributed by atoms with Crippen molar-refractivity contribution in [3.63, 3.8) is 0 Å². The van der Waals surface area contributed by atoms with Crippen molar-refractivity contribution in [2.75, 3.05) is 12.9 Å². The molecular weight excluding hydrogens is 164 g/mol. The lowest BCUT2D eigenvalue weighted by atomic mass is 10.1. The van der Waals surface area contributed by atoms with Crippen LogP contribution in [0.3, 0.4) is 0 Å². The van der Waals surface area contributed by atoms with Gasteiger partial charge in [-0.2, -0.15) is 8.42 Å². The first-order valence-corrected chi connectivity index (χ1v) is 5.57. The Hall–Kier alpha value is -0.0900. The van der Waals surface area contributed by atoms with Gasteiger partial charge in [0.1, 0.15) is 0 Å². The average Bonchev–Trinajstić information content (AvgIpc) is 2.44. The second-order valence-corrected chi connectivity index (χ2v) is 5.23. The summed E-state index contributed by atoms with van der Waals surface area (Å²) in [6, 6.07) is 0. The Morgan fingerprint density at radius 3 is 2.36 bits per heavy atom. The maximum atomic E-state index is 10.5. The van der Waals surface area contributed by atoms with Crippen molar-refractivity contribution < 1.29 is 12.6 Å². The molecule has 1 saturated carbocycles. The topological polar surface area (TPSA) is 43.4 Å². The third-order valence-corrected chi connectivity index (χ3v) is 2.70. The zero-order chi connectivity index (χ0) is 8.54. The second-order valence-electron chi connectivity index (χ2n) is 3.59. The molecule has 1 aliphatic carbocycles. The van der Waals surface area contributed by atoms with Gasteiger partial charge in [-0.15, -0.1) is 0 Å². The molecule has 0 N–H and O–H groups in total. The van der Waals surface area contributed by atoms with Gasteiger partial charge in [0.05, 0.1) is 12.9 Å². The molecule has 4 heteroatoms. The molecule has 0 aromatic rings. The van der Waals surface area contributed by atoms with Gasteiger partial charge in [-0.1, -0.05) is 6.92 Å². The lowest BCUT2D eigenvalue weighted by molar-refractivity contribution is 0.283. The molecule has 1 aliphatic rings. The van der Waals surface area contributed by atoms with Crippen molar-refractivity contribution >= 4 is 10.1 Å². The van der Waals surface area contributed by atoms with E-state index in [-0.39, 0.29) is 0 Å². The van der Waals surface area contributed by atoms with Crippen LogP contribution in [0.5, 0.6) is 0 Å². The summed E-state index contributed by atoms with van der Waals surface area (Å²) in [5.74, 6) is 0. The highest BCUT2D eigenvalue weighted by Gasteiger charge is 2.36. The smallest absolute Gasteiger partial charge is 0.264 e. The molecule has 0 bridgehead atoms. The van der Waals surface area contributed by atoms with E-state index in [4.69, 9.17) is 0 Å². The lowest BCUT2D eigenvalue weighted by Gasteiger charge is -2.06. The van der Waals surface area contributed by atoms with E-state index in [0.29, 0.717) is 12.0 Å². The second kappa shape index (κ2) is 2.75. The van der Waals surface area contributed by atoms with Crippen LogP contribution in [0, 0.1) is 5.41 Å². The van der Waals surface area contributed by atoms with Crippen molar-refractivity contribution in [3.8, 4) is 0 Å². The Balaban J connectivity index is 2.15. The van der Waals surface area contributed by atoms with Gasteiger partial charge in [-0.05, 0) is 24.7 Å². The molecule has 0 atom stereocenters. The van der Waals surface area contributed by atoms with Crippen LogP contribution < -0.4 is 0 Å². The molecule has 0 unspecified atom stereocenters. The first kappa shape index (κ1) is 9.00. The third kappa shape index (κ3) is 3.72. The van der Waals surface area contributed by atoms with Gasteiger partial charge < -0.3 is 0 Å². The van der Waals surface area contributed by atoms with E-state index in [1.807, 2.05) is 0 Å². The normalized spacial score (nSPS) is 21.6. The van der Waals surface area contributed by atoms with Crippen molar-refractivity contribution in [2.24, 2.45) is 5.41 Å². The highest BCUT2D eigenvalue weighted by molar-refractivity contribution is 7.85. The fourth-order valence-corrected chi connectivity index (χ4v) is 1.29. The van der Waals surface area contributed by atoms with Gasteiger partial charge in [-0.25, -0.2) is 0 Å². The zero-order valence-corrected chi connectivity index (χ0v) is 7.78. The zero-order valence-electron chi connectivity index (χ0n) is 6.96. The minimum absolute atomic E-state index is 0.343. The van der Waals surface area contributed by atoms with Gasteiger partial charge in [0.15, 0.2) is 0 Å². The Labute approximate surface area is 67.9 Å². The molecule has 0 saturated heterocycles. The molecule has 1 rings (SSSR count). The van der Waals surface area contributed by atoms with E-state index in [1.165, 1.54) is 12.8 Å². The lowest BCUT2D eigenvalue weighted by Crippen LogP contribution is -2.07. The quantitative estimate of drug-likeness (QED) is 0.606. The molecule has 0 radical (unpaired) electrons. The van der Waals surface area contributed by atoms with E-state index in [9.17, 15) is 8.42 Å². The van der Waals surface area contributed by atoms with Crippen LogP contribution in [0.25, 0.3) is 0 Å². The van der Waals surface area contributed by atoms with Gasteiger partial charge in [0.25, 0.3) is 10.1 Å². The van der Waals surface area contributed by atoms with Crippen LogP contribution in [0.2, 0.25) is 0 Å². The standard InChI is InChI=1S/C7H14O3S/c1-7(3-4-7)5-6-10-11(2,8)9/h3-6H2,1-2H3. The molecule has 11 heavy (non-hydrogen) atoms. The van der Waals surface area contributed by atoms with Crippen molar-refractivity contribution in [1.29, 1.82) is 0 Å². The van der Waals surface area contributed by atoms with E-state index in [0.717, 1.165) is 12.7 Å². The van der Waals surface area contributed by atoms with Crippen LogP contribution in [0.4, 0.5) is 0 Å². The molecule has 0 heterocycles. The first-order chi connectivity index (χ1) is 4.91. The van der Waals surface area contributed by atoms with E-state index in [1.54, 1.807) is 0 Å². The van der Waals surface area contributed by atoms with Gasteiger partial charge in [0.2, 0.25) is 0 Å². The summed E-state index contributed by atoms with van der Waals surface area (Å²) in [7, 11) is -3.22. The summed E-state index contributed by atoms with van der Waals surface area (Å²) in [4.78, 5) is 0. The summed E-state index contributed by atoms with van der Waals surface area (Å²) in [6.45, 7) is 2.49. The molecule has 0 aliphatic heterocycles. The number of hydrogen-bond acceptors (Lipinski definition) is 3. The molecule has 0 aromatic heterocycles. The monoisotopic (exact) mass is 178 g/mol. The SMILES string of the molecule is CC1(CCOS(C)(=O)=O)CC1. The fourth-order valence-electron chi connectivity index (χ4n) is 0.903. The predicted octanol–water partition coefficient (Wildman–Crippen LogP) is 1.15. The summed E-state index contributed by atoms with van der Waals surface area (Å²) >= 11 is 0. The van der Waals surface area contributed by atoms with Crippen LogP contribution in [0.1, 0.15) is 26.2 Å². The molecule has 0 amide bonds. The Morgan fingerprint density at radius 2 is 2.00 bits per heavy atom. The molecule has 66 valence electrons. The van der Waals surface area contributed by atoms with Crippen LogP contribution in [0.15, 0.2) is 0 Å². The van der Waals surface area contributed by atoms with Crippen LogP contribution in [-0.2, 0) is 14.3 Å². The highest BCUT2D eigenvalue weighted by atomic mass is 32.2. The maximum Gasteiger partial charge on any atom is 0.264 e. The Kier molecular flexibility index (Phi) is 2.25. The van der Waals surface area contributed by atoms with Crippen molar-refractivity contribution in [2.45, 2.75) is 26.2 Å². The number of rotatable bonds is 4. The molecule has 0 spiro atoms. The van der Waals surface area contributed by atoms with Crippen molar-refractivity contribution in [1.82, 2.24) is 0 Å². The van der Waals surface area contributed by atoms with Crippen molar-refractivity contribution in [3.05, 3.63) is 0 Å². The van der Waals surface area contributed by atoms with Gasteiger partial charge >= 0.3 is 0 Å². The highest BCUT2D eigenvalue weighted by Crippen LogP contribution is 2.47. The summed E-state index contributed by atoms with van der Waals surface area (Å²) in [5.41, 5.74) is 0.380. The summed E-state index contributed by atoms with van der Waals surface area (Å²) in [5, 5.41) is 0. The van der Waals surface area contributed by atoms with E-state index < -0.39 is 10.1 Å². The Bertz CT molecular complexity index is 226. The van der Waals surface area contributed by atoms with E-state index >= 15 is 0 Å². The largest absolute Gasteiger partial charge is 0.270 e. The average molecular weight is 178 g/mol. The van der Waals surface area contributed by atoms with Gasteiger partial charge in [0, 0.05) is 0 Å². The van der Waals surface area contributed by atoms with Gasteiger partial charge in [-0.3, -0.25) is 4.18 Å². The first-order valence-electron chi connectivity index (χ1n) is 3.76. The third-order valence-electron chi connectivity index (χ3n) is 2.11. The summed E-state index contributed by atoms with van der Waals surface area (Å²) < 4.78 is 25.6. The Morgan fingerprint density at radius 1 is 1.45 bits per heavy atom. The fraction of sp³-hybridized carbons (Fsp3) is 1.00. The van der Waals surface area contributed by atoms with E-state index in [2.05, 4.69) is 11.1 Å². The predicted molar refractivity (Wildman–Crippen MR) is 42.8 cm³/mol. The number of hydrogen-bond donors (Lipinski definition) is 0. The minimum atomic E-state index is -3.22. The molecule has 1 fully saturated rings. The maximum absolute atomic E-state index is 10.5. The van der Waals surface area contributed by atoms with Crippen LogP contribution >= 0.6 is 0 Å².